The van der Waals surface area contributed by atoms with Crippen molar-refractivity contribution in [3.05, 3.63) is 28.7 Å². The molecule has 2 N–H and O–H groups in total. The molecule has 2 atom stereocenters. The van der Waals surface area contributed by atoms with Crippen LogP contribution in [0.25, 0.3) is 0 Å². The Morgan fingerprint density at radius 3 is 2.75 bits per heavy atom. The zero-order chi connectivity index (χ0) is 17.5. The minimum absolute atomic E-state index is 0.137. The summed E-state index contributed by atoms with van der Waals surface area (Å²) < 4.78 is 1.47. The lowest BCUT2D eigenvalue weighted by atomic mass is 9.81. The van der Waals surface area contributed by atoms with Crippen LogP contribution in [0.15, 0.2) is 23.1 Å². The molecule has 0 bridgehead atoms. The standard InChI is InChI=1S/C18H27N3O3/c1-3-21-12-15(7-8-16(21)22)20-18(24)17(23)19-10-9-14-6-4-5-13(2)11-14/h7-8,12-14H,3-6,9-11H2,1-2H3,(H,19,23)(H,20,24)/t13-,14-/m0/s1. The SMILES string of the molecule is CCn1cc(NC(=O)C(=O)NCC[C@@H]2CCC[C@H](C)C2)ccc1=O. The number of amides is 2. The highest BCUT2D eigenvalue weighted by molar-refractivity contribution is 6.39. The van der Waals surface area contributed by atoms with Crippen LogP contribution < -0.4 is 16.2 Å². The van der Waals surface area contributed by atoms with Gasteiger partial charge in [-0.05, 0) is 37.7 Å². The highest BCUT2D eigenvalue weighted by atomic mass is 16.2. The van der Waals surface area contributed by atoms with E-state index in [0.717, 1.165) is 12.3 Å². The van der Waals surface area contributed by atoms with Crippen LogP contribution in [0.1, 0.15) is 46.0 Å². The molecule has 6 nitrogen and oxygen atoms in total. The van der Waals surface area contributed by atoms with Crippen molar-refractivity contribution in [1.29, 1.82) is 0 Å². The third kappa shape index (κ3) is 5.22. The molecule has 0 saturated heterocycles. The van der Waals surface area contributed by atoms with Gasteiger partial charge in [0.25, 0.3) is 5.56 Å². The molecule has 24 heavy (non-hydrogen) atoms. The van der Waals surface area contributed by atoms with Crippen LogP contribution in [0.2, 0.25) is 0 Å². The zero-order valence-corrected chi connectivity index (χ0v) is 14.5. The summed E-state index contributed by atoms with van der Waals surface area (Å²) in [7, 11) is 0. The molecule has 0 spiro atoms. The molecule has 1 aromatic heterocycles. The number of carbonyl (C=O) groups excluding carboxylic acids is 2. The average Bonchev–Trinajstić information content (AvgIpc) is 2.56. The van der Waals surface area contributed by atoms with Crippen molar-refractivity contribution in [2.24, 2.45) is 11.8 Å². The average molecular weight is 333 g/mol. The van der Waals surface area contributed by atoms with Crippen molar-refractivity contribution >= 4 is 17.5 Å². The fourth-order valence-electron chi connectivity index (χ4n) is 3.33. The Balaban J connectivity index is 1.77. The first kappa shape index (κ1) is 18.2. The molecule has 132 valence electrons. The quantitative estimate of drug-likeness (QED) is 0.810. The van der Waals surface area contributed by atoms with Gasteiger partial charge in [-0.1, -0.05) is 26.2 Å². The van der Waals surface area contributed by atoms with Crippen LogP contribution in [-0.4, -0.2) is 22.9 Å². The van der Waals surface area contributed by atoms with Gasteiger partial charge in [-0.15, -0.1) is 0 Å². The number of anilines is 1. The fraction of sp³-hybridized carbons (Fsp3) is 0.611. The summed E-state index contributed by atoms with van der Waals surface area (Å²) >= 11 is 0. The smallest absolute Gasteiger partial charge is 0.313 e. The van der Waals surface area contributed by atoms with Gasteiger partial charge in [0.2, 0.25) is 0 Å². The van der Waals surface area contributed by atoms with Crippen LogP contribution in [0.3, 0.4) is 0 Å². The lowest BCUT2D eigenvalue weighted by Gasteiger charge is -2.26. The van der Waals surface area contributed by atoms with E-state index in [1.165, 1.54) is 48.6 Å². The first-order valence-electron chi connectivity index (χ1n) is 8.79. The van der Waals surface area contributed by atoms with Gasteiger partial charge in [-0.25, -0.2) is 0 Å². The highest BCUT2D eigenvalue weighted by Crippen LogP contribution is 2.30. The number of hydrogen-bond acceptors (Lipinski definition) is 3. The molecule has 1 saturated carbocycles. The van der Waals surface area contributed by atoms with E-state index in [1.54, 1.807) is 0 Å². The molecule has 1 aromatic rings. The third-order valence-electron chi connectivity index (χ3n) is 4.67. The molecule has 0 unspecified atom stereocenters. The normalized spacial score (nSPS) is 20.4. The minimum atomic E-state index is -0.701. The highest BCUT2D eigenvalue weighted by Gasteiger charge is 2.19. The molecule has 2 amide bonds. The number of carbonyl (C=O) groups is 2. The molecule has 2 rings (SSSR count). The molecule has 1 heterocycles. The van der Waals surface area contributed by atoms with E-state index in [2.05, 4.69) is 17.6 Å². The van der Waals surface area contributed by atoms with Gasteiger partial charge in [-0.2, -0.15) is 0 Å². The van der Waals surface area contributed by atoms with E-state index in [0.29, 0.717) is 24.7 Å². The number of nitrogens with one attached hydrogen (secondary N) is 2. The lowest BCUT2D eigenvalue weighted by molar-refractivity contribution is -0.136. The number of nitrogens with zero attached hydrogens (tertiary/aromatic N) is 1. The number of rotatable bonds is 5. The second kappa shape index (κ2) is 8.66. The van der Waals surface area contributed by atoms with E-state index in [-0.39, 0.29) is 5.56 Å². The molecule has 0 radical (unpaired) electrons. The summed E-state index contributed by atoms with van der Waals surface area (Å²) in [6.45, 7) is 5.15. The van der Waals surface area contributed by atoms with Crippen molar-refractivity contribution in [3.8, 4) is 0 Å². The van der Waals surface area contributed by atoms with Crippen molar-refractivity contribution in [2.75, 3.05) is 11.9 Å². The first-order chi connectivity index (χ1) is 11.5. The second-order valence-corrected chi connectivity index (χ2v) is 6.68. The summed E-state index contributed by atoms with van der Waals surface area (Å²) in [5.41, 5.74) is 0.305. The Bertz CT molecular complexity index is 639. The number of aryl methyl sites for hydroxylation is 1. The number of hydrogen-bond donors (Lipinski definition) is 2. The van der Waals surface area contributed by atoms with Crippen LogP contribution in [0.5, 0.6) is 0 Å². The van der Waals surface area contributed by atoms with Crippen molar-refractivity contribution in [1.82, 2.24) is 9.88 Å². The van der Waals surface area contributed by atoms with E-state index in [4.69, 9.17) is 0 Å². The van der Waals surface area contributed by atoms with Gasteiger partial charge >= 0.3 is 11.8 Å². The first-order valence-corrected chi connectivity index (χ1v) is 8.79. The molecule has 1 aliphatic rings. The molecule has 1 aliphatic carbocycles. The summed E-state index contributed by atoms with van der Waals surface area (Å²) in [6, 6.07) is 2.88. The van der Waals surface area contributed by atoms with Crippen LogP contribution in [0, 0.1) is 11.8 Å². The maximum Gasteiger partial charge on any atom is 0.313 e. The van der Waals surface area contributed by atoms with Gasteiger partial charge in [0.05, 0.1) is 5.69 Å². The predicted molar refractivity (Wildman–Crippen MR) is 93.8 cm³/mol. The molecular weight excluding hydrogens is 306 g/mol. The topological polar surface area (TPSA) is 80.2 Å². The summed E-state index contributed by atoms with van der Waals surface area (Å²) in [4.78, 5) is 35.3. The Morgan fingerprint density at radius 2 is 2.04 bits per heavy atom. The molecule has 6 heteroatoms. The summed E-state index contributed by atoms with van der Waals surface area (Å²) in [5.74, 6) is 0.0728. The zero-order valence-electron chi connectivity index (χ0n) is 14.5. The maximum atomic E-state index is 11.9. The molecule has 0 aliphatic heterocycles. The summed E-state index contributed by atoms with van der Waals surface area (Å²) in [5, 5.41) is 5.21. The number of aromatic nitrogens is 1. The Hall–Kier alpha value is -2.11. The Morgan fingerprint density at radius 1 is 1.25 bits per heavy atom. The van der Waals surface area contributed by atoms with E-state index >= 15 is 0 Å². The maximum absolute atomic E-state index is 11.9. The number of pyridine rings is 1. The van der Waals surface area contributed by atoms with Crippen molar-refractivity contribution in [3.63, 3.8) is 0 Å². The largest absolute Gasteiger partial charge is 0.348 e. The van der Waals surface area contributed by atoms with Crippen LogP contribution in [0.4, 0.5) is 5.69 Å². The monoisotopic (exact) mass is 333 g/mol. The van der Waals surface area contributed by atoms with Crippen molar-refractivity contribution < 1.29 is 9.59 Å². The van der Waals surface area contributed by atoms with Gasteiger partial charge in [0.1, 0.15) is 0 Å². The minimum Gasteiger partial charge on any atom is -0.348 e. The molecule has 1 fully saturated rings. The van der Waals surface area contributed by atoms with Gasteiger partial charge < -0.3 is 15.2 Å². The Labute approximate surface area is 142 Å². The van der Waals surface area contributed by atoms with E-state index < -0.39 is 11.8 Å². The van der Waals surface area contributed by atoms with E-state index in [9.17, 15) is 14.4 Å². The third-order valence-corrected chi connectivity index (χ3v) is 4.67. The van der Waals surface area contributed by atoms with Crippen LogP contribution in [-0.2, 0) is 16.1 Å². The van der Waals surface area contributed by atoms with E-state index in [1.807, 2.05) is 6.92 Å². The lowest BCUT2D eigenvalue weighted by Crippen LogP contribution is -2.37. The van der Waals surface area contributed by atoms with Gasteiger partial charge in [0, 0.05) is 25.4 Å². The van der Waals surface area contributed by atoms with Gasteiger partial charge in [0.15, 0.2) is 0 Å². The molecular formula is C18H27N3O3. The summed E-state index contributed by atoms with van der Waals surface area (Å²) in [6.07, 6.45) is 7.44. The molecule has 0 aromatic carbocycles. The predicted octanol–water partition coefficient (Wildman–Crippen LogP) is 2.14. The Kier molecular flexibility index (Phi) is 6.58. The van der Waals surface area contributed by atoms with Crippen molar-refractivity contribution in [2.45, 2.75) is 52.5 Å². The second-order valence-electron chi connectivity index (χ2n) is 6.68. The fourth-order valence-corrected chi connectivity index (χ4v) is 3.33. The van der Waals surface area contributed by atoms with Gasteiger partial charge in [-0.3, -0.25) is 14.4 Å². The van der Waals surface area contributed by atoms with Crippen LogP contribution >= 0.6 is 0 Å².